The van der Waals surface area contributed by atoms with Gasteiger partial charge in [-0.25, -0.2) is 9.78 Å². The van der Waals surface area contributed by atoms with E-state index in [-0.39, 0.29) is 42.3 Å². The summed E-state index contributed by atoms with van der Waals surface area (Å²) in [5, 5.41) is 21.7. The summed E-state index contributed by atoms with van der Waals surface area (Å²) in [5.74, 6) is 0.523. The van der Waals surface area contributed by atoms with Gasteiger partial charge in [-0.1, -0.05) is 62.7 Å². The van der Waals surface area contributed by atoms with E-state index in [4.69, 9.17) is 20.8 Å². The molecule has 1 heterocycles. The van der Waals surface area contributed by atoms with Crippen LogP contribution in [0, 0.1) is 10.1 Å². The molecular formula is C32H40ClN3O7Si. The number of carboxylic acid groups (broad SMARTS) is 1. The fraction of sp³-hybridized carbons (Fsp3) is 0.406. The second-order valence-electron chi connectivity index (χ2n) is 12.2. The Kier molecular flexibility index (Phi) is 11.7. The topological polar surface area (TPSA) is 132 Å². The summed E-state index contributed by atoms with van der Waals surface area (Å²) in [4.78, 5) is 42.3. The highest BCUT2D eigenvalue weighted by molar-refractivity contribution is 6.74. The summed E-state index contributed by atoms with van der Waals surface area (Å²) in [5.41, 5.74) is 1.99. The zero-order valence-corrected chi connectivity index (χ0v) is 27.7. The molecule has 3 rings (SSSR count). The van der Waals surface area contributed by atoms with E-state index in [9.17, 15) is 24.8 Å². The minimum absolute atomic E-state index is 0.0545. The summed E-state index contributed by atoms with van der Waals surface area (Å²) >= 11 is 6.11. The SMILES string of the molecule is COc1ccc(CN(C(=O)O)[C@H](CCC(=O)Cc2ccc([N+](=O)[O-])cc2)C(O[Si](C)(C)C(C)(C)C)c2ccc(Cl)nc2)cc1. The van der Waals surface area contributed by atoms with Crippen molar-refractivity contribution in [2.75, 3.05) is 7.11 Å². The van der Waals surface area contributed by atoms with Crippen LogP contribution >= 0.6 is 11.6 Å². The number of benzene rings is 2. The Morgan fingerprint density at radius 1 is 1.05 bits per heavy atom. The Hall–Kier alpha value is -3.80. The highest BCUT2D eigenvalue weighted by Gasteiger charge is 2.43. The molecule has 0 aliphatic carbocycles. The van der Waals surface area contributed by atoms with Gasteiger partial charge in [0.15, 0.2) is 8.32 Å². The predicted molar refractivity (Wildman–Crippen MR) is 172 cm³/mol. The van der Waals surface area contributed by atoms with E-state index in [0.29, 0.717) is 22.0 Å². The van der Waals surface area contributed by atoms with Crippen LogP contribution < -0.4 is 4.74 Å². The second kappa shape index (κ2) is 14.8. The van der Waals surface area contributed by atoms with Crippen LogP contribution in [0.25, 0.3) is 0 Å². The van der Waals surface area contributed by atoms with Crippen molar-refractivity contribution in [2.24, 2.45) is 0 Å². The first kappa shape index (κ1) is 34.7. The molecule has 1 amide bonds. The molecule has 0 spiro atoms. The van der Waals surface area contributed by atoms with E-state index < -0.39 is 31.5 Å². The molecule has 2 aromatic carbocycles. The molecule has 0 bridgehead atoms. The number of ether oxygens (including phenoxy) is 1. The first-order valence-electron chi connectivity index (χ1n) is 14.3. The van der Waals surface area contributed by atoms with Crippen LogP contribution in [0.15, 0.2) is 66.9 Å². The second-order valence-corrected chi connectivity index (χ2v) is 17.4. The van der Waals surface area contributed by atoms with Gasteiger partial charge in [-0.2, -0.15) is 0 Å². The van der Waals surface area contributed by atoms with Gasteiger partial charge >= 0.3 is 6.09 Å². The van der Waals surface area contributed by atoms with Gasteiger partial charge in [-0.3, -0.25) is 19.8 Å². The van der Waals surface area contributed by atoms with E-state index in [1.54, 1.807) is 61.8 Å². The van der Waals surface area contributed by atoms with Crippen LogP contribution in [0.1, 0.15) is 56.4 Å². The Balaban J connectivity index is 2.01. The molecule has 1 unspecified atom stereocenters. The van der Waals surface area contributed by atoms with Crippen LogP contribution in [-0.4, -0.2) is 53.3 Å². The summed E-state index contributed by atoms with van der Waals surface area (Å²) in [6.45, 7) is 10.5. The first-order valence-corrected chi connectivity index (χ1v) is 17.6. The number of nitro groups is 1. The lowest BCUT2D eigenvalue weighted by atomic mass is 9.95. The average molecular weight is 642 g/mol. The fourth-order valence-corrected chi connectivity index (χ4v) is 5.90. The van der Waals surface area contributed by atoms with Crippen molar-refractivity contribution in [2.45, 2.75) is 76.9 Å². The molecule has 10 nitrogen and oxygen atoms in total. The fourth-order valence-electron chi connectivity index (χ4n) is 4.50. The number of aromatic nitrogens is 1. The summed E-state index contributed by atoms with van der Waals surface area (Å²) < 4.78 is 12.2. The number of Topliss-reactive ketones (excluding diaryl/α,β-unsaturated/α-hetero) is 1. The molecular weight excluding hydrogens is 602 g/mol. The monoisotopic (exact) mass is 641 g/mol. The standard InChI is InChI=1S/C32H40ClN3O7Si/c1-32(2,3)44(5,6)43-30(24-11-18-29(33)34-20-24)28(35(31(38)39)21-23-9-15-27(42-4)16-10-23)17-14-26(37)19-22-7-12-25(13-8-22)36(40)41/h7-13,15-16,18,20,28,30H,14,17,19,21H2,1-6H3,(H,38,39)/t28-,30?/m1/s1. The molecule has 0 saturated carbocycles. The molecule has 0 aliphatic heterocycles. The third-order valence-corrected chi connectivity index (χ3v) is 12.8. The number of carbonyl (C=O) groups excluding carboxylic acids is 1. The lowest BCUT2D eigenvalue weighted by molar-refractivity contribution is -0.384. The van der Waals surface area contributed by atoms with Crippen molar-refractivity contribution in [3.05, 3.63) is 98.8 Å². The zero-order chi connectivity index (χ0) is 32.7. The van der Waals surface area contributed by atoms with E-state index in [0.717, 1.165) is 5.56 Å². The van der Waals surface area contributed by atoms with Gasteiger partial charge in [0.05, 0.1) is 24.2 Å². The molecule has 0 radical (unpaired) electrons. The highest BCUT2D eigenvalue weighted by atomic mass is 35.5. The number of non-ortho nitro benzene ring substituents is 1. The van der Waals surface area contributed by atoms with E-state index >= 15 is 0 Å². The van der Waals surface area contributed by atoms with E-state index in [1.807, 2.05) is 0 Å². The smallest absolute Gasteiger partial charge is 0.407 e. The van der Waals surface area contributed by atoms with E-state index in [2.05, 4.69) is 38.8 Å². The summed E-state index contributed by atoms with van der Waals surface area (Å²) in [6, 6.07) is 15.7. The maximum atomic E-state index is 13.2. The third-order valence-electron chi connectivity index (χ3n) is 8.08. The van der Waals surface area contributed by atoms with Crippen LogP contribution in [0.2, 0.25) is 23.3 Å². The number of amides is 1. The lowest BCUT2D eigenvalue weighted by Crippen LogP contribution is -2.49. The Bertz CT molecular complexity index is 1430. The maximum absolute atomic E-state index is 13.2. The van der Waals surface area contributed by atoms with Gasteiger partial charge in [0.1, 0.15) is 16.7 Å². The van der Waals surface area contributed by atoms with Crippen molar-refractivity contribution < 1.29 is 28.8 Å². The number of rotatable bonds is 14. The normalized spacial score (nSPS) is 13.2. The highest BCUT2D eigenvalue weighted by Crippen LogP contribution is 2.42. The number of hydrogen-bond acceptors (Lipinski definition) is 7. The zero-order valence-electron chi connectivity index (χ0n) is 26.0. The van der Waals surface area contributed by atoms with Crippen LogP contribution in [-0.2, 0) is 22.2 Å². The molecule has 3 aromatic rings. The number of hydrogen-bond donors (Lipinski definition) is 1. The number of halogens is 1. The van der Waals surface area contributed by atoms with Crippen molar-refractivity contribution in [1.29, 1.82) is 0 Å². The molecule has 236 valence electrons. The van der Waals surface area contributed by atoms with Gasteiger partial charge in [0, 0.05) is 43.3 Å². The molecule has 0 saturated heterocycles. The van der Waals surface area contributed by atoms with Gasteiger partial charge in [-0.15, -0.1) is 0 Å². The van der Waals surface area contributed by atoms with E-state index in [1.165, 1.54) is 17.0 Å². The van der Waals surface area contributed by atoms with Gasteiger partial charge in [-0.05, 0) is 53.9 Å². The predicted octanol–water partition coefficient (Wildman–Crippen LogP) is 7.86. The molecule has 0 fully saturated rings. The number of nitro benzene ring substituents is 1. The Labute approximate surface area is 264 Å². The molecule has 1 aromatic heterocycles. The summed E-state index contributed by atoms with van der Waals surface area (Å²) in [6.07, 6.45) is 0.00977. The first-order chi connectivity index (χ1) is 20.6. The van der Waals surface area contributed by atoms with Crippen LogP contribution in [0.5, 0.6) is 5.75 Å². The quantitative estimate of drug-likeness (QED) is 0.0814. The number of methoxy groups -OCH3 is 1. The van der Waals surface area contributed by atoms with Crippen LogP contribution in [0.4, 0.5) is 10.5 Å². The Morgan fingerprint density at radius 3 is 2.16 bits per heavy atom. The minimum Gasteiger partial charge on any atom is -0.497 e. The number of carbonyl (C=O) groups is 2. The molecule has 0 aliphatic rings. The van der Waals surface area contributed by atoms with Crippen molar-refractivity contribution in [3.63, 3.8) is 0 Å². The molecule has 12 heteroatoms. The molecule has 1 N–H and O–H groups in total. The van der Waals surface area contributed by atoms with Crippen molar-refractivity contribution in [3.8, 4) is 5.75 Å². The number of ketones is 1. The number of nitrogens with zero attached hydrogens (tertiary/aromatic N) is 3. The van der Waals surface area contributed by atoms with Crippen molar-refractivity contribution in [1.82, 2.24) is 9.88 Å². The van der Waals surface area contributed by atoms with Gasteiger partial charge in [0.2, 0.25) is 0 Å². The molecule has 44 heavy (non-hydrogen) atoms. The average Bonchev–Trinajstić information content (AvgIpc) is 2.96. The van der Waals surface area contributed by atoms with Gasteiger partial charge in [0.25, 0.3) is 5.69 Å². The Morgan fingerprint density at radius 2 is 1.66 bits per heavy atom. The lowest BCUT2D eigenvalue weighted by Gasteiger charge is -2.43. The minimum atomic E-state index is -2.48. The summed E-state index contributed by atoms with van der Waals surface area (Å²) in [7, 11) is -0.920. The maximum Gasteiger partial charge on any atom is 0.407 e. The third kappa shape index (κ3) is 9.35. The molecule has 2 atom stereocenters. The largest absolute Gasteiger partial charge is 0.497 e. The van der Waals surface area contributed by atoms with Crippen LogP contribution in [0.3, 0.4) is 0 Å². The number of pyridine rings is 1. The van der Waals surface area contributed by atoms with Gasteiger partial charge < -0.3 is 14.3 Å². The van der Waals surface area contributed by atoms with Crippen molar-refractivity contribution >= 4 is 37.5 Å².